The zero-order valence-electron chi connectivity index (χ0n) is 17.8. The molecule has 2 aromatic heterocycles. The minimum absolute atomic E-state index is 0.0132. The topological polar surface area (TPSA) is 94.0 Å². The molecular weight excluding hydrogens is 411 g/mol. The Kier molecular flexibility index (Phi) is 6.37. The van der Waals surface area contributed by atoms with Crippen molar-refractivity contribution in [3.8, 4) is 5.69 Å². The molecular formula is C23H23FN6O2. The van der Waals surface area contributed by atoms with E-state index in [0.29, 0.717) is 23.8 Å². The van der Waals surface area contributed by atoms with E-state index < -0.39 is 11.7 Å². The smallest absolute Gasteiger partial charge is 0.254 e. The molecule has 2 heterocycles. The number of hydrogen-bond donors (Lipinski definition) is 2. The van der Waals surface area contributed by atoms with Crippen LogP contribution in [-0.2, 0) is 11.3 Å². The summed E-state index contributed by atoms with van der Waals surface area (Å²) in [5, 5.41) is 11.4. The van der Waals surface area contributed by atoms with Gasteiger partial charge in [-0.25, -0.2) is 19.0 Å². The first-order valence-corrected chi connectivity index (χ1v) is 10.2. The van der Waals surface area contributed by atoms with Crippen molar-refractivity contribution in [2.75, 3.05) is 25.5 Å². The quantitative estimate of drug-likeness (QED) is 0.414. The Bertz CT molecular complexity index is 1240. The lowest BCUT2D eigenvalue weighted by atomic mass is 10.2. The Morgan fingerprint density at radius 2 is 1.81 bits per heavy atom. The molecule has 0 fully saturated rings. The number of amides is 1. The van der Waals surface area contributed by atoms with Gasteiger partial charge in [-0.3, -0.25) is 4.79 Å². The molecule has 0 aliphatic carbocycles. The summed E-state index contributed by atoms with van der Waals surface area (Å²) in [6, 6.07) is 15.6. The molecule has 0 aliphatic rings. The largest absolute Gasteiger partial charge is 0.377 e. The van der Waals surface area contributed by atoms with Crippen molar-refractivity contribution in [2.24, 2.45) is 0 Å². The van der Waals surface area contributed by atoms with Crippen LogP contribution in [0.15, 0.2) is 54.6 Å². The average molecular weight is 434 g/mol. The van der Waals surface area contributed by atoms with Gasteiger partial charge in [0.15, 0.2) is 11.5 Å². The number of aromatic nitrogens is 4. The van der Waals surface area contributed by atoms with Gasteiger partial charge in [0.1, 0.15) is 18.2 Å². The predicted octanol–water partition coefficient (Wildman–Crippen LogP) is 3.25. The lowest BCUT2D eigenvalue weighted by Crippen LogP contribution is -2.29. The number of anilines is 1. The fourth-order valence-corrected chi connectivity index (χ4v) is 3.40. The van der Waals surface area contributed by atoms with E-state index in [4.69, 9.17) is 4.74 Å². The lowest BCUT2D eigenvalue weighted by Gasteiger charge is -2.11. The number of nitrogens with zero attached hydrogens (tertiary/aromatic N) is 4. The number of nitrogens with one attached hydrogen (secondary N) is 2. The zero-order chi connectivity index (χ0) is 22.5. The van der Waals surface area contributed by atoms with Crippen molar-refractivity contribution in [3.05, 3.63) is 77.5 Å². The maximum Gasteiger partial charge on any atom is 0.254 e. The van der Waals surface area contributed by atoms with Gasteiger partial charge in [0.2, 0.25) is 0 Å². The fraction of sp³-hybridized carbons (Fsp3) is 0.217. The Morgan fingerprint density at radius 1 is 1.06 bits per heavy atom. The van der Waals surface area contributed by atoms with Crippen molar-refractivity contribution in [3.63, 3.8) is 0 Å². The Balaban J connectivity index is 1.56. The Hall–Kier alpha value is -3.85. The van der Waals surface area contributed by atoms with Crippen LogP contribution in [0.5, 0.6) is 0 Å². The highest BCUT2D eigenvalue weighted by atomic mass is 19.1. The Morgan fingerprint density at radius 3 is 2.56 bits per heavy atom. The molecule has 4 aromatic rings. The monoisotopic (exact) mass is 434 g/mol. The number of rotatable bonds is 8. The molecule has 9 heteroatoms. The third kappa shape index (κ3) is 4.42. The summed E-state index contributed by atoms with van der Waals surface area (Å²) >= 11 is 0. The maximum absolute atomic E-state index is 13.8. The number of aryl methyl sites for hydroxylation is 1. The van der Waals surface area contributed by atoms with Crippen LogP contribution in [0.3, 0.4) is 0 Å². The third-order valence-electron chi connectivity index (χ3n) is 4.84. The molecule has 0 spiro atoms. The van der Waals surface area contributed by atoms with Crippen molar-refractivity contribution in [1.29, 1.82) is 0 Å². The molecule has 8 nitrogen and oxygen atoms in total. The molecule has 0 unspecified atom stereocenters. The average Bonchev–Trinajstić information content (AvgIpc) is 3.14. The van der Waals surface area contributed by atoms with Crippen LogP contribution < -0.4 is 10.6 Å². The lowest BCUT2D eigenvalue weighted by molar-refractivity contribution is 0.0951. The number of carbonyl (C=O) groups excluding carboxylic acids is 1. The van der Waals surface area contributed by atoms with E-state index in [1.54, 1.807) is 23.9 Å². The summed E-state index contributed by atoms with van der Waals surface area (Å²) in [4.78, 5) is 21.4. The second-order valence-corrected chi connectivity index (χ2v) is 7.12. The van der Waals surface area contributed by atoms with Gasteiger partial charge in [-0.1, -0.05) is 30.3 Å². The van der Waals surface area contributed by atoms with Gasteiger partial charge in [0.05, 0.1) is 22.3 Å². The van der Waals surface area contributed by atoms with Gasteiger partial charge in [-0.15, -0.1) is 0 Å². The van der Waals surface area contributed by atoms with Crippen LogP contribution in [-0.4, -0.2) is 45.9 Å². The molecule has 164 valence electrons. The normalized spacial score (nSPS) is 11.0. The molecule has 32 heavy (non-hydrogen) atoms. The number of hydrogen-bond acceptors (Lipinski definition) is 6. The summed E-state index contributed by atoms with van der Waals surface area (Å²) in [5.74, 6) is 0.0892. The minimum atomic E-state index is -0.552. The van der Waals surface area contributed by atoms with Gasteiger partial charge in [0, 0.05) is 20.2 Å². The highest BCUT2D eigenvalue weighted by Crippen LogP contribution is 2.26. The molecule has 1 amide bonds. The Labute approximate surface area is 184 Å². The summed E-state index contributed by atoms with van der Waals surface area (Å²) in [5.41, 5.74) is 2.33. The van der Waals surface area contributed by atoms with Gasteiger partial charge in [-0.2, -0.15) is 5.10 Å². The molecule has 4 rings (SSSR count). The summed E-state index contributed by atoms with van der Waals surface area (Å²) in [6.45, 7) is 2.80. The highest BCUT2D eigenvalue weighted by Gasteiger charge is 2.17. The maximum atomic E-state index is 13.8. The van der Waals surface area contributed by atoms with Crippen LogP contribution in [0.4, 0.5) is 10.2 Å². The molecule has 0 bridgehead atoms. The van der Waals surface area contributed by atoms with Crippen LogP contribution in [0.1, 0.15) is 21.9 Å². The fourth-order valence-electron chi connectivity index (χ4n) is 3.40. The van der Waals surface area contributed by atoms with Crippen LogP contribution in [0.25, 0.3) is 16.7 Å². The van der Waals surface area contributed by atoms with E-state index in [9.17, 15) is 9.18 Å². The SMILES string of the molecule is COCc1nc(NCCNC(=O)c2ccccc2F)c2c(C)nn(-c3ccccc3)c2n1. The second kappa shape index (κ2) is 9.52. The van der Waals surface area contributed by atoms with Gasteiger partial charge in [-0.05, 0) is 31.2 Å². The van der Waals surface area contributed by atoms with Crippen LogP contribution in [0.2, 0.25) is 0 Å². The van der Waals surface area contributed by atoms with E-state index in [2.05, 4.69) is 25.7 Å². The minimum Gasteiger partial charge on any atom is -0.377 e. The molecule has 0 saturated heterocycles. The summed E-state index contributed by atoms with van der Waals surface area (Å²) in [6.07, 6.45) is 0. The van der Waals surface area contributed by atoms with E-state index in [1.165, 1.54) is 12.1 Å². The number of halogens is 1. The van der Waals surface area contributed by atoms with Crippen molar-refractivity contribution < 1.29 is 13.9 Å². The van der Waals surface area contributed by atoms with E-state index in [-0.39, 0.29) is 18.7 Å². The number of ether oxygens (including phenoxy) is 1. The third-order valence-corrected chi connectivity index (χ3v) is 4.84. The zero-order valence-corrected chi connectivity index (χ0v) is 17.8. The van der Waals surface area contributed by atoms with E-state index >= 15 is 0 Å². The molecule has 0 saturated carbocycles. The van der Waals surface area contributed by atoms with Crippen molar-refractivity contribution >= 4 is 22.8 Å². The number of carbonyl (C=O) groups is 1. The second-order valence-electron chi connectivity index (χ2n) is 7.12. The molecule has 0 atom stereocenters. The van der Waals surface area contributed by atoms with Gasteiger partial charge in [0.25, 0.3) is 5.91 Å². The number of para-hydroxylation sites is 1. The first-order valence-electron chi connectivity index (χ1n) is 10.2. The molecule has 0 aliphatic heterocycles. The number of benzene rings is 2. The molecule has 2 N–H and O–H groups in total. The van der Waals surface area contributed by atoms with Crippen molar-refractivity contribution in [1.82, 2.24) is 25.1 Å². The summed E-state index contributed by atoms with van der Waals surface area (Å²) < 4.78 is 20.8. The predicted molar refractivity (Wildman–Crippen MR) is 119 cm³/mol. The first kappa shape index (κ1) is 21.4. The molecule has 0 radical (unpaired) electrons. The van der Waals surface area contributed by atoms with Crippen LogP contribution >= 0.6 is 0 Å². The van der Waals surface area contributed by atoms with E-state index in [1.807, 2.05) is 37.3 Å². The van der Waals surface area contributed by atoms with Gasteiger partial charge < -0.3 is 15.4 Å². The first-order chi connectivity index (χ1) is 15.6. The van der Waals surface area contributed by atoms with E-state index in [0.717, 1.165) is 16.8 Å². The molecule has 2 aromatic carbocycles. The number of fused-ring (bicyclic) bond motifs is 1. The number of methoxy groups -OCH3 is 1. The highest BCUT2D eigenvalue weighted by molar-refractivity contribution is 5.94. The standard InChI is InChI=1S/C23H23FN6O2/c1-15-20-21(25-12-13-26-23(31)17-10-6-7-11-18(17)24)27-19(14-32-2)28-22(20)30(29-15)16-8-4-3-5-9-16/h3-11H,12-14H2,1-2H3,(H,26,31)(H,25,27,28). The van der Waals surface area contributed by atoms with Crippen molar-refractivity contribution in [2.45, 2.75) is 13.5 Å². The van der Waals surface area contributed by atoms with Crippen LogP contribution in [0, 0.1) is 12.7 Å². The van der Waals surface area contributed by atoms with Gasteiger partial charge >= 0.3 is 0 Å². The summed E-state index contributed by atoms with van der Waals surface area (Å²) in [7, 11) is 1.58.